The number of benzene rings is 1. The fraction of sp³-hybridized carbons (Fsp3) is 0.263. The second-order valence-corrected chi connectivity index (χ2v) is 8.05. The number of thiazole rings is 1. The molecular formula is C19H18ClN5O2S. The summed E-state index contributed by atoms with van der Waals surface area (Å²) in [5.74, 6) is 0.0151. The summed E-state index contributed by atoms with van der Waals surface area (Å²) in [5, 5.41) is 3.85. The Bertz CT molecular complexity index is 1060. The number of aryl methyl sites for hydroxylation is 2. The molecule has 0 saturated carbocycles. The van der Waals surface area contributed by atoms with Crippen molar-refractivity contribution in [3.05, 3.63) is 47.4 Å². The molecular weight excluding hydrogens is 398 g/mol. The standard InChI is InChI=1S/C19H18ClN5O2S/c1-11-16(17-21-7-8-24(17)2)28-19(22-11)23-18(27)12-9-15(26)25(10-12)14-6-4-3-5-13(14)20/h3-8,12H,9-10H2,1-2H3,(H,22,23,27). The molecule has 1 aliphatic heterocycles. The van der Waals surface area contributed by atoms with E-state index in [4.69, 9.17) is 11.6 Å². The van der Waals surface area contributed by atoms with Crippen LogP contribution in [-0.2, 0) is 16.6 Å². The van der Waals surface area contributed by atoms with Gasteiger partial charge in [0.15, 0.2) is 11.0 Å². The van der Waals surface area contributed by atoms with Crippen LogP contribution in [-0.4, -0.2) is 32.9 Å². The van der Waals surface area contributed by atoms with Gasteiger partial charge in [0.25, 0.3) is 0 Å². The van der Waals surface area contributed by atoms with E-state index in [0.717, 1.165) is 16.4 Å². The Morgan fingerprint density at radius 2 is 2.14 bits per heavy atom. The molecule has 4 rings (SSSR count). The van der Waals surface area contributed by atoms with Crippen molar-refractivity contribution in [2.24, 2.45) is 13.0 Å². The van der Waals surface area contributed by atoms with E-state index in [1.54, 1.807) is 29.3 Å². The van der Waals surface area contributed by atoms with Crippen LogP contribution in [0, 0.1) is 12.8 Å². The first-order valence-corrected chi connectivity index (χ1v) is 9.94. The van der Waals surface area contributed by atoms with Crippen molar-refractivity contribution < 1.29 is 9.59 Å². The van der Waals surface area contributed by atoms with Gasteiger partial charge >= 0.3 is 0 Å². The lowest BCUT2D eigenvalue weighted by atomic mass is 10.1. The van der Waals surface area contributed by atoms with E-state index in [1.807, 2.05) is 30.8 Å². The first-order valence-electron chi connectivity index (χ1n) is 8.75. The van der Waals surface area contributed by atoms with Crippen molar-refractivity contribution in [2.75, 3.05) is 16.8 Å². The number of rotatable bonds is 4. The van der Waals surface area contributed by atoms with Crippen LogP contribution >= 0.6 is 22.9 Å². The first kappa shape index (κ1) is 18.6. The molecule has 144 valence electrons. The maximum absolute atomic E-state index is 12.7. The van der Waals surface area contributed by atoms with Gasteiger partial charge < -0.3 is 14.8 Å². The molecule has 2 amide bonds. The molecule has 9 heteroatoms. The van der Waals surface area contributed by atoms with Crippen molar-refractivity contribution in [1.29, 1.82) is 0 Å². The van der Waals surface area contributed by atoms with E-state index < -0.39 is 5.92 Å². The maximum atomic E-state index is 12.7. The molecule has 1 unspecified atom stereocenters. The quantitative estimate of drug-likeness (QED) is 0.707. The Balaban J connectivity index is 1.49. The van der Waals surface area contributed by atoms with Crippen LogP contribution < -0.4 is 10.2 Å². The number of hydrogen-bond acceptors (Lipinski definition) is 5. The number of carbonyl (C=O) groups excluding carboxylic acids is 2. The first-order chi connectivity index (χ1) is 13.4. The smallest absolute Gasteiger partial charge is 0.231 e. The van der Waals surface area contributed by atoms with Gasteiger partial charge in [-0.2, -0.15) is 0 Å². The average Bonchev–Trinajstić information content (AvgIpc) is 3.34. The number of nitrogens with one attached hydrogen (secondary N) is 1. The normalized spacial score (nSPS) is 16.6. The third-order valence-corrected chi connectivity index (χ3v) is 6.08. The fourth-order valence-corrected chi connectivity index (χ4v) is 4.48. The van der Waals surface area contributed by atoms with Crippen molar-refractivity contribution in [2.45, 2.75) is 13.3 Å². The minimum Gasteiger partial charge on any atom is -0.333 e. The van der Waals surface area contributed by atoms with Crippen molar-refractivity contribution in [3.8, 4) is 10.7 Å². The van der Waals surface area contributed by atoms with Gasteiger partial charge in [-0.3, -0.25) is 9.59 Å². The van der Waals surface area contributed by atoms with E-state index >= 15 is 0 Å². The number of imidazole rings is 1. The molecule has 1 N–H and O–H groups in total. The molecule has 0 aliphatic carbocycles. The van der Waals surface area contributed by atoms with E-state index in [1.165, 1.54) is 11.3 Å². The zero-order chi connectivity index (χ0) is 19.8. The van der Waals surface area contributed by atoms with Gasteiger partial charge in [0, 0.05) is 32.4 Å². The molecule has 28 heavy (non-hydrogen) atoms. The number of nitrogens with zero attached hydrogens (tertiary/aromatic N) is 4. The third-order valence-electron chi connectivity index (χ3n) is 4.69. The monoisotopic (exact) mass is 415 g/mol. The Labute approximate surface area is 171 Å². The third kappa shape index (κ3) is 3.41. The van der Waals surface area contributed by atoms with Crippen LogP contribution in [0.15, 0.2) is 36.7 Å². The number of hydrogen-bond donors (Lipinski definition) is 1. The molecule has 0 spiro atoms. The molecule has 0 bridgehead atoms. The molecule has 0 radical (unpaired) electrons. The highest BCUT2D eigenvalue weighted by Crippen LogP contribution is 2.34. The van der Waals surface area contributed by atoms with Gasteiger partial charge in [-0.25, -0.2) is 9.97 Å². The van der Waals surface area contributed by atoms with Crippen molar-refractivity contribution in [1.82, 2.24) is 14.5 Å². The Hall–Kier alpha value is -2.71. The van der Waals surface area contributed by atoms with Gasteiger partial charge in [-0.05, 0) is 19.1 Å². The minimum atomic E-state index is -0.454. The van der Waals surface area contributed by atoms with Crippen molar-refractivity contribution in [3.63, 3.8) is 0 Å². The summed E-state index contributed by atoms with van der Waals surface area (Å²) in [6.07, 6.45) is 3.73. The van der Waals surface area contributed by atoms with Crippen LogP contribution in [0.4, 0.5) is 10.8 Å². The predicted molar refractivity (Wildman–Crippen MR) is 110 cm³/mol. The molecule has 1 saturated heterocycles. The summed E-state index contributed by atoms with van der Waals surface area (Å²) >= 11 is 7.57. The van der Waals surface area contributed by atoms with Gasteiger partial charge in [-0.15, -0.1) is 0 Å². The summed E-state index contributed by atoms with van der Waals surface area (Å²) in [6, 6.07) is 7.14. The minimum absolute atomic E-state index is 0.114. The number of amides is 2. The molecule has 3 heterocycles. The zero-order valence-corrected chi connectivity index (χ0v) is 16.9. The van der Waals surface area contributed by atoms with E-state index in [-0.39, 0.29) is 18.2 Å². The highest BCUT2D eigenvalue weighted by molar-refractivity contribution is 7.19. The molecule has 7 nitrogen and oxygen atoms in total. The van der Waals surface area contributed by atoms with E-state index in [9.17, 15) is 9.59 Å². The lowest BCUT2D eigenvalue weighted by Gasteiger charge is -2.17. The topological polar surface area (TPSA) is 80.1 Å². The Morgan fingerprint density at radius 3 is 2.86 bits per heavy atom. The molecule has 1 aromatic carbocycles. The second kappa shape index (κ2) is 7.37. The Kier molecular flexibility index (Phi) is 4.91. The van der Waals surface area contributed by atoms with Gasteiger partial charge in [0.2, 0.25) is 11.8 Å². The SMILES string of the molecule is Cc1nc(NC(=O)C2CC(=O)N(c3ccccc3Cl)C2)sc1-c1nccn1C. The van der Waals surface area contributed by atoms with Gasteiger partial charge in [0.1, 0.15) is 0 Å². The van der Waals surface area contributed by atoms with E-state index in [2.05, 4.69) is 15.3 Å². The van der Waals surface area contributed by atoms with Gasteiger partial charge in [-0.1, -0.05) is 35.1 Å². The maximum Gasteiger partial charge on any atom is 0.231 e. The zero-order valence-electron chi connectivity index (χ0n) is 15.3. The fourth-order valence-electron chi connectivity index (χ4n) is 3.24. The summed E-state index contributed by atoms with van der Waals surface area (Å²) < 4.78 is 1.91. The van der Waals surface area contributed by atoms with Crippen molar-refractivity contribution >= 4 is 45.6 Å². The molecule has 1 aliphatic rings. The molecule has 1 atom stereocenters. The second-order valence-electron chi connectivity index (χ2n) is 6.64. The summed E-state index contributed by atoms with van der Waals surface area (Å²) in [7, 11) is 1.91. The number of aromatic nitrogens is 3. The van der Waals surface area contributed by atoms with Crippen LogP contribution in [0.5, 0.6) is 0 Å². The van der Waals surface area contributed by atoms with Crippen LogP contribution in [0.3, 0.4) is 0 Å². The summed E-state index contributed by atoms with van der Waals surface area (Å²) in [5.41, 5.74) is 1.43. The largest absolute Gasteiger partial charge is 0.333 e. The average molecular weight is 416 g/mol. The highest BCUT2D eigenvalue weighted by Gasteiger charge is 2.36. The molecule has 2 aromatic heterocycles. The van der Waals surface area contributed by atoms with Gasteiger partial charge in [0.05, 0.1) is 27.2 Å². The molecule has 3 aromatic rings. The lowest BCUT2D eigenvalue weighted by Crippen LogP contribution is -2.28. The highest BCUT2D eigenvalue weighted by atomic mass is 35.5. The predicted octanol–water partition coefficient (Wildman–Crippen LogP) is 3.50. The number of para-hydroxylation sites is 1. The Morgan fingerprint density at radius 1 is 1.36 bits per heavy atom. The number of carbonyl (C=O) groups is 2. The van der Waals surface area contributed by atoms with Crippen LogP contribution in [0.25, 0.3) is 10.7 Å². The summed E-state index contributed by atoms with van der Waals surface area (Å²) in [6.45, 7) is 2.18. The summed E-state index contributed by atoms with van der Waals surface area (Å²) in [4.78, 5) is 36.4. The van der Waals surface area contributed by atoms with E-state index in [0.29, 0.717) is 22.4 Å². The molecule has 1 fully saturated rings. The van der Waals surface area contributed by atoms with Crippen LogP contribution in [0.1, 0.15) is 12.1 Å². The number of halogens is 1. The number of anilines is 2. The lowest BCUT2D eigenvalue weighted by molar-refractivity contribution is -0.122. The van der Waals surface area contributed by atoms with Crippen LogP contribution in [0.2, 0.25) is 5.02 Å².